The van der Waals surface area contributed by atoms with E-state index in [1.54, 1.807) is 0 Å². The Bertz CT molecular complexity index is 253. The first-order chi connectivity index (χ1) is 8.26. The average molecular weight is 238 g/mol. The summed E-state index contributed by atoms with van der Waals surface area (Å²) in [7, 11) is 0. The van der Waals surface area contributed by atoms with Crippen molar-refractivity contribution in [2.75, 3.05) is 19.6 Å². The summed E-state index contributed by atoms with van der Waals surface area (Å²) in [6.45, 7) is 5.21. The van der Waals surface area contributed by atoms with Gasteiger partial charge in [0.05, 0.1) is 0 Å². The van der Waals surface area contributed by atoms with Gasteiger partial charge in [-0.3, -0.25) is 4.79 Å². The molecule has 17 heavy (non-hydrogen) atoms. The van der Waals surface area contributed by atoms with Crippen LogP contribution in [0.2, 0.25) is 0 Å². The van der Waals surface area contributed by atoms with Gasteiger partial charge < -0.3 is 10.2 Å². The van der Waals surface area contributed by atoms with Gasteiger partial charge in [-0.1, -0.05) is 19.8 Å². The Labute approximate surface area is 105 Å². The lowest BCUT2D eigenvalue weighted by atomic mass is 9.81. The molecule has 2 saturated heterocycles. The second-order valence-corrected chi connectivity index (χ2v) is 5.69. The number of nitrogens with zero attached hydrogens (tertiary/aromatic N) is 1. The molecule has 1 N–H and O–H groups in total. The number of hydrogen-bond donors (Lipinski definition) is 1. The zero-order chi connectivity index (χ0) is 12.1. The van der Waals surface area contributed by atoms with E-state index in [-0.39, 0.29) is 5.54 Å². The van der Waals surface area contributed by atoms with Crippen LogP contribution >= 0.6 is 0 Å². The average Bonchev–Trinajstić information content (AvgIpc) is 2.37. The summed E-state index contributed by atoms with van der Waals surface area (Å²) < 4.78 is 0. The van der Waals surface area contributed by atoms with Crippen molar-refractivity contribution in [3.8, 4) is 0 Å². The molecule has 3 nitrogen and oxygen atoms in total. The Morgan fingerprint density at radius 1 is 1.29 bits per heavy atom. The van der Waals surface area contributed by atoms with Crippen LogP contribution in [0.25, 0.3) is 0 Å². The summed E-state index contributed by atoms with van der Waals surface area (Å²) >= 11 is 0. The van der Waals surface area contributed by atoms with Gasteiger partial charge in [0.1, 0.15) is 0 Å². The third-order valence-corrected chi connectivity index (χ3v) is 4.26. The van der Waals surface area contributed by atoms with Gasteiger partial charge in [0.15, 0.2) is 0 Å². The number of unbranched alkanes of at least 4 members (excludes halogenated alkanes) is 1. The topological polar surface area (TPSA) is 32.3 Å². The van der Waals surface area contributed by atoms with E-state index >= 15 is 0 Å². The molecule has 2 aliphatic rings. The predicted molar refractivity (Wildman–Crippen MR) is 69.9 cm³/mol. The van der Waals surface area contributed by atoms with Crippen LogP contribution in [0.15, 0.2) is 0 Å². The van der Waals surface area contributed by atoms with Crippen LogP contribution in [0, 0.1) is 0 Å². The lowest BCUT2D eigenvalue weighted by Gasteiger charge is -2.46. The van der Waals surface area contributed by atoms with Crippen molar-refractivity contribution < 1.29 is 4.79 Å². The highest BCUT2D eigenvalue weighted by atomic mass is 16.2. The van der Waals surface area contributed by atoms with Gasteiger partial charge in [-0.15, -0.1) is 0 Å². The molecular formula is C14H26N2O. The van der Waals surface area contributed by atoms with Gasteiger partial charge >= 0.3 is 0 Å². The molecule has 2 rings (SSSR count). The molecule has 2 heterocycles. The highest BCUT2D eigenvalue weighted by Gasteiger charge is 2.37. The molecule has 0 aliphatic carbocycles. The second-order valence-electron chi connectivity index (χ2n) is 5.69. The summed E-state index contributed by atoms with van der Waals surface area (Å²) in [6, 6.07) is 0. The van der Waals surface area contributed by atoms with Crippen LogP contribution in [0.5, 0.6) is 0 Å². The van der Waals surface area contributed by atoms with Gasteiger partial charge in [0.25, 0.3) is 0 Å². The fourth-order valence-corrected chi connectivity index (χ4v) is 3.21. The first kappa shape index (κ1) is 12.9. The van der Waals surface area contributed by atoms with Gasteiger partial charge in [0, 0.05) is 25.0 Å². The van der Waals surface area contributed by atoms with E-state index in [2.05, 4.69) is 17.1 Å². The Morgan fingerprint density at radius 2 is 2.12 bits per heavy atom. The smallest absolute Gasteiger partial charge is 0.222 e. The fraction of sp³-hybridized carbons (Fsp3) is 0.929. The Hall–Kier alpha value is -0.570. The molecule has 98 valence electrons. The maximum Gasteiger partial charge on any atom is 0.222 e. The van der Waals surface area contributed by atoms with Crippen molar-refractivity contribution >= 4 is 5.91 Å². The van der Waals surface area contributed by atoms with Crippen molar-refractivity contribution in [2.45, 2.75) is 63.8 Å². The van der Waals surface area contributed by atoms with E-state index in [9.17, 15) is 4.79 Å². The van der Waals surface area contributed by atoms with Crippen LogP contribution in [-0.4, -0.2) is 36.0 Å². The van der Waals surface area contributed by atoms with Crippen molar-refractivity contribution in [2.24, 2.45) is 0 Å². The van der Waals surface area contributed by atoms with Gasteiger partial charge in [-0.2, -0.15) is 0 Å². The van der Waals surface area contributed by atoms with Gasteiger partial charge in [-0.25, -0.2) is 0 Å². The lowest BCUT2D eigenvalue weighted by molar-refractivity contribution is -0.134. The SMILES string of the molecule is CCCCC(=O)N1CCCC2(CCCCN2)C1. The number of piperidine rings is 2. The van der Waals surface area contributed by atoms with Gasteiger partial charge in [-0.05, 0) is 38.6 Å². The molecule has 3 heteroatoms. The van der Waals surface area contributed by atoms with E-state index in [4.69, 9.17) is 0 Å². The van der Waals surface area contributed by atoms with Crippen LogP contribution in [0.4, 0.5) is 0 Å². The molecule has 0 aromatic rings. The third kappa shape index (κ3) is 3.21. The maximum atomic E-state index is 12.1. The maximum absolute atomic E-state index is 12.1. The van der Waals surface area contributed by atoms with E-state index in [0.717, 1.165) is 38.9 Å². The number of carbonyl (C=O) groups excluding carboxylic acids is 1. The highest BCUT2D eigenvalue weighted by Crippen LogP contribution is 2.29. The summed E-state index contributed by atoms with van der Waals surface area (Å²) in [5.41, 5.74) is 0.262. The van der Waals surface area contributed by atoms with Crippen LogP contribution in [0.1, 0.15) is 58.3 Å². The normalized spacial score (nSPS) is 29.6. The standard InChI is InChI=1S/C14H26N2O/c1-2-3-7-13(17)16-11-6-9-14(12-16)8-4-5-10-15-14/h15H,2-12H2,1H3. The molecule has 2 aliphatic heterocycles. The van der Waals surface area contributed by atoms with Crippen LogP contribution < -0.4 is 5.32 Å². The molecule has 0 aromatic carbocycles. The molecule has 2 fully saturated rings. The van der Waals surface area contributed by atoms with E-state index in [0.29, 0.717) is 5.91 Å². The molecule has 0 radical (unpaired) electrons. The van der Waals surface area contributed by atoms with E-state index in [1.807, 2.05) is 0 Å². The van der Waals surface area contributed by atoms with Crippen LogP contribution in [0.3, 0.4) is 0 Å². The Morgan fingerprint density at radius 3 is 2.82 bits per heavy atom. The largest absolute Gasteiger partial charge is 0.341 e. The van der Waals surface area contributed by atoms with Crippen LogP contribution in [-0.2, 0) is 4.79 Å². The Balaban J connectivity index is 1.89. The zero-order valence-electron chi connectivity index (χ0n) is 11.1. The number of rotatable bonds is 3. The zero-order valence-corrected chi connectivity index (χ0v) is 11.1. The predicted octanol–water partition coefficient (Wildman–Crippen LogP) is 2.31. The number of nitrogens with one attached hydrogen (secondary N) is 1. The fourth-order valence-electron chi connectivity index (χ4n) is 3.21. The van der Waals surface area contributed by atoms with Crippen molar-refractivity contribution in [3.63, 3.8) is 0 Å². The molecule has 0 saturated carbocycles. The van der Waals surface area contributed by atoms with Crippen molar-refractivity contribution in [1.29, 1.82) is 0 Å². The third-order valence-electron chi connectivity index (χ3n) is 4.26. The summed E-state index contributed by atoms with van der Waals surface area (Å²) in [5.74, 6) is 0.373. The number of carbonyl (C=O) groups is 1. The van der Waals surface area contributed by atoms with E-state index < -0.39 is 0 Å². The van der Waals surface area contributed by atoms with Gasteiger partial charge in [0.2, 0.25) is 5.91 Å². The van der Waals surface area contributed by atoms with E-state index in [1.165, 1.54) is 32.1 Å². The minimum Gasteiger partial charge on any atom is -0.341 e. The number of hydrogen-bond acceptors (Lipinski definition) is 2. The summed E-state index contributed by atoms with van der Waals surface area (Å²) in [6.07, 6.45) is 9.20. The summed E-state index contributed by atoms with van der Waals surface area (Å²) in [4.78, 5) is 14.2. The first-order valence-electron chi connectivity index (χ1n) is 7.29. The number of amides is 1. The first-order valence-corrected chi connectivity index (χ1v) is 7.29. The molecule has 1 unspecified atom stereocenters. The molecular weight excluding hydrogens is 212 g/mol. The quantitative estimate of drug-likeness (QED) is 0.818. The highest BCUT2D eigenvalue weighted by molar-refractivity contribution is 5.76. The van der Waals surface area contributed by atoms with Crippen molar-refractivity contribution in [1.82, 2.24) is 10.2 Å². The molecule has 0 aromatic heterocycles. The Kier molecular flexibility index (Phi) is 4.43. The minimum atomic E-state index is 0.262. The lowest BCUT2D eigenvalue weighted by Crippen LogP contribution is -2.59. The minimum absolute atomic E-state index is 0.262. The molecule has 1 atom stereocenters. The molecule has 1 amide bonds. The molecule has 1 spiro atoms. The summed E-state index contributed by atoms with van der Waals surface area (Å²) in [5, 5.41) is 3.68. The molecule has 0 bridgehead atoms. The van der Waals surface area contributed by atoms with Crippen molar-refractivity contribution in [3.05, 3.63) is 0 Å². The second kappa shape index (κ2) is 5.85. The number of likely N-dealkylation sites (tertiary alicyclic amines) is 1. The monoisotopic (exact) mass is 238 g/mol.